The normalized spacial score (nSPS) is 23.5. The third-order valence-electron chi connectivity index (χ3n) is 4.46. The molecule has 0 bridgehead atoms. The summed E-state index contributed by atoms with van der Waals surface area (Å²) < 4.78 is 30.6. The number of rotatable bonds is 5. The Labute approximate surface area is 131 Å². The molecule has 1 aliphatic carbocycles. The van der Waals surface area contributed by atoms with Crippen molar-refractivity contribution < 1.29 is 13.2 Å². The summed E-state index contributed by atoms with van der Waals surface area (Å²) in [6, 6.07) is 3.26. The molecule has 1 saturated carbocycles. The Bertz CT molecular complexity index is 577. The zero-order chi connectivity index (χ0) is 15.4. The van der Waals surface area contributed by atoms with Crippen LogP contribution in [0.15, 0.2) is 17.2 Å². The smallest absolute Gasteiger partial charge is 0.200 e. The lowest BCUT2D eigenvalue weighted by Gasteiger charge is -2.21. The first-order chi connectivity index (χ1) is 10.7. The molecule has 2 heterocycles. The van der Waals surface area contributed by atoms with Crippen molar-refractivity contribution >= 4 is 15.7 Å². The number of nitrogens with one attached hydrogen (secondary N) is 1. The van der Waals surface area contributed by atoms with E-state index in [4.69, 9.17) is 4.74 Å². The number of hydrogen-bond acceptors (Lipinski definition) is 6. The lowest BCUT2D eigenvalue weighted by Crippen LogP contribution is -2.25. The van der Waals surface area contributed by atoms with Gasteiger partial charge in [-0.15, -0.1) is 10.2 Å². The molecule has 1 N–H and O–H groups in total. The second-order valence-electron chi connectivity index (χ2n) is 6.08. The summed E-state index contributed by atoms with van der Waals surface area (Å²) >= 11 is 0. The van der Waals surface area contributed by atoms with Crippen molar-refractivity contribution in [1.82, 2.24) is 10.2 Å². The number of ether oxygens (including phenoxy) is 1. The molecule has 1 atom stereocenters. The summed E-state index contributed by atoms with van der Waals surface area (Å²) in [5.74, 6) is 0.595. The Morgan fingerprint density at radius 3 is 2.55 bits per heavy atom. The standard InChI is InChI=1S/C15H23N3O3S/c19-22(20,13-6-2-1-3-7-13)15-9-8-14(17-18-15)16-11-12-5-4-10-21-12/h8-9,12-13H,1-7,10-11H2,(H,16,17). The monoisotopic (exact) mass is 325 g/mol. The van der Waals surface area contributed by atoms with Gasteiger partial charge in [0.1, 0.15) is 5.82 Å². The van der Waals surface area contributed by atoms with E-state index in [1.807, 2.05) is 0 Å². The number of sulfone groups is 1. The van der Waals surface area contributed by atoms with E-state index >= 15 is 0 Å². The quantitative estimate of drug-likeness (QED) is 0.893. The average Bonchev–Trinajstić information content (AvgIpc) is 3.08. The Morgan fingerprint density at radius 2 is 1.91 bits per heavy atom. The summed E-state index contributed by atoms with van der Waals surface area (Å²) in [5, 5.41) is 10.9. The maximum Gasteiger partial charge on any atom is 0.200 e. The highest BCUT2D eigenvalue weighted by atomic mass is 32.2. The Balaban J connectivity index is 1.62. The van der Waals surface area contributed by atoms with Gasteiger partial charge in [0.25, 0.3) is 0 Å². The third kappa shape index (κ3) is 3.57. The van der Waals surface area contributed by atoms with E-state index in [0.29, 0.717) is 12.4 Å². The fourth-order valence-electron chi connectivity index (χ4n) is 3.14. The summed E-state index contributed by atoms with van der Waals surface area (Å²) in [5.41, 5.74) is 0. The van der Waals surface area contributed by atoms with Gasteiger partial charge in [-0.3, -0.25) is 0 Å². The molecule has 0 spiro atoms. The van der Waals surface area contributed by atoms with Gasteiger partial charge in [0.15, 0.2) is 14.9 Å². The first kappa shape index (κ1) is 15.7. The number of nitrogens with zero attached hydrogens (tertiary/aromatic N) is 2. The molecule has 122 valence electrons. The molecule has 3 rings (SSSR count). The predicted molar refractivity (Wildman–Crippen MR) is 83.6 cm³/mol. The maximum atomic E-state index is 12.5. The fraction of sp³-hybridized carbons (Fsp3) is 0.733. The Hall–Kier alpha value is -1.21. The van der Waals surface area contributed by atoms with Gasteiger partial charge in [-0.1, -0.05) is 19.3 Å². The number of hydrogen-bond donors (Lipinski definition) is 1. The molecule has 1 aromatic rings. The van der Waals surface area contributed by atoms with Crippen LogP contribution in [0.5, 0.6) is 0 Å². The molecule has 1 saturated heterocycles. The number of aromatic nitrogens is 2. The predicted octanol–water partition coefficient (Wildman–Crippen LogP) is 2.17. The highest BCUT2D eigenvalue weighted by Crippen LogP contribution is 2.27. The summed E-state index contributed by atoms with van der Waals surface area (Å²) in [7, 11) is -3.34. The molecule has 1 aliphatic heterocycles. The maximum absolute atomic E-state index is 12.5. The SMILES string of the molecule is O=S(=O)(c1ccc(NCC2CCCO2)nn1)C1CCCCC1. The zero-order valence-electron chi connectivity index (χ0n) is 12.7. The first-order valence-electron chi connectivity index (χ1n) is 8.09. The molecule has 2 aliphatic rings. The molecule has 0 amide bonds. The second kappa shape index (κ2) is 6.91. The van der Waals surface area contributed by atoms with Gasteiger partial charge in [0.05, 0.1) is 11.4 Å². The van der Waals surface area contributed by atoms with Crippen LogP contribution in [0.1, 0.15) is 44.9 Å². The van der Waals surface area contributed by atoms with Gasteiger partial charge in [0, 0.05) is 13.2 Å². The van der Waals surface area contributed by atoms with E-state index in [1.54, 1.807) is 12.1 Å². The van der Waals surface area contributed by atoms with Crippen molar-refractivity contribution in [3.63, 3.8) is 0 Å². The highest BCUT2D eigenvalue weighted by Gasteiger charge is 2.30. The minimum Gasteiger partial charge on any atom is -0.376 e. The Kier molecular flexibility index (Phi) is 4.93. The molecule has 0 radical (unpaired) electrons. The van der Waals surface area contributed by atoms with Crippen molar-refractivity contribution in [1.29, 1.82) is 0 Å². The van der Waals surface area contributed by atoms with Crippen LogP contribution in [0.3, 0.4) is 0 Å². The Morgan fingerprint density at radius 1 is 1.09 bits per heavy atom. The van der Waals surface area contributed by atoms with Crippen molar-refractivity contribution in [3.05, 3.63) is 12.1 Å². The number of anilines is 1. The average molecular weight is 325 g/mol. The van der Waals surface area contributed by atoms with Crippen LogP contribution in [0.25, 0.3) is 0 Å². The topological polar surface area (TPSA) is 81.2 Å². The van der Waals surface area contributed by atoms with Crippen LogP contribution in [0.2, 0.25) is 0 Å². The van der Waals surface area contributed by atoms with Crippen LogP contribution < -0.4 is 5.32 Å². The lowest BCUT2D eigenvalue weighted by molar-refractivity contribution is 0.120. The first-order valence-corrected chi connectivity index (χ1v) is 9.64. The van der Waals surface area contributed by atoms with Gasteiger partial charge >= 0.3 is 0 Å². The zero-order valence-corrected chi connectivity index (χ0v) is 13.5. The van der Waals surface area contributed by atoms with Gasteiger partial charge in [-0.25, -0.2) is 8.42 Å². The second-order valence-corrected chi connectivity index (χ2v) is 8.25. The van der Waals surface area contributed by atoms with E-state index < -0.39 is 9.84 Å². The molecular formula is C15H23N3O3S. The van der Waals surface area contributed by atoms with Crippen molar-refractivity contribution in [2.45, 2.75) is 61.3 Å². The van der Waals surface area contributed by atoms with Gasteiger partial charge in [-0.2, -0.15) is 0 Å². The van der Waals surface area contributed by atoms with Crippen LogP contribution in [0, 0.1) is 0 Å². The minimum absolute atomic E-state index is 0.0991. The van der Waals surface area contributed by atoms with E-state index in [2.05, 4.69) is 15.5 Å². The van der Waals surface area contributed by atoms with Gasteiger partial charge in [-0.05, 0) is 37.8 Å². The van der Waals surface area contributed by atoms with Crippen molar-refractivity contribution in [2.24, 2.45) is 0 Å². The molecule has 7 heteroatoms. The molecule has 22 heavy (non-hydrogen) atoms. The molecule has 2 fully saturated rings. The van der Waals surface area contributed by atoms with Gasteiger partial charge < -0.3 is 10.1 Å². The van der Waals surface area contributed by atoms with E-state index in [1.165, 1.54) is 0 Å². The molecule has 0 aromatic carbocycles. The van der Waals surface area contributed by atoms with E-state index in [9.17, 15) is 8.42 Å². The molecule has 1 aromatic heterocycles. The lowest BCUT2D eigenvalue weighted by atomic mass is 10.0. The minimum atomic E-state index is -3.34. The molecule has 1 unspecified atom stereocenters. The third-order valence-corrected chi connectivity index (χ3v) is 6.61. The molecular weight excluding hydrogens is 302 g/mol. The fourth-order valence-corrected chi connectivity index (χ4v) is 4.84. The summed E-state index contributed by atoms with van der Waals surface area (Å²) in [6.07, 6.45) is 6.94. The van der Waals surface area contributed by atoms with Crippen LogP contribution >= 0.6 is 0 Å². The highest BCUT2D eigenvalue weighted by molar-refractivity contribution is 7.92. The molecule has 6 nitrogen and oxygen atoms in total. The summed E-state index contributed by atoms with van der Waals surface area (Å²) in [6.45, 7) is 1.50. The summed E-state index contributed by atoms with van der Waals surface area (Å²) in [4.78, 5) is 0. The van der Waals surface area contributed by atoms with Crippen LogP contribution in [-0.4, -0.2) is 43.1 Å². The van der Waals surface area contributed by atoms with Gasteiger partial charge in [0.2, 0.25) is 0 Å². The van der Waals surface area contributed by atoms with Crippen molar-refractivity contribution in [2.75, 3.05) is 18.5 Å². The largest absolute Gasteiger partial charge is 0.376 e. The van der Waals surface area contributed by atoms with E-state index in [-0.39, 0.29) is 16.4 Å². The van der Waals surface area contributed by atoms with Crippen molar-refractivity contribution in [3.8, 4) is 0 Å². The van der Waals surface area contributed by atoms with E-state index in [0.717, 1.165) is 51.6 Å². The van der Waals surface area contributed by atoms with Crippen LogP contribution in [0.4, 0.5) is 5.82 Å². The van der Waals surface area contributed by atoms with Crippen LogP contribution in [-0.2, 0) is 14.6 Å².